The van der Waals surface area contributed by atoms with Gasteiger partial charge in [-0.25, -0.2) is 0 Å². The summed E-state index contributed by atoms with van der Waals surface area (Å²) in [6, 6.07) is 7.06. The molecule has 1 amide bonds. The standard InChI is InChI=1S/C15H18ClNO3S/c1-9(21-12-6-4-11(16)5-7-12)15(20)17-13(8-14(18)19)10-2-3-10/h4-7,9-10,13H,2-3,8H2,1H3,(H,17,20)(H,18,19). The van der Waals surface area contributed by atoms with Crippen LogP contribution in [-0.4, -0.2) is 28.3 Å². The zero-order valence-corrected chi connectivity index (χ0v) is 13.3. The molecule has 0 radical (unpaired) electrons. The first-order valence-electron chi connectivity index (χ1n) is 6.90. The fourth-order valence-electron chi connectivity index (χ4n) is 2.09. The van der Waals surface area contributed by atoms with Crippen molar-refractivity contribution in [3.63, 3.8) is 0 Å². The number of carboxylic acids is 1. The smallest absolute Gasteiger partial charge is 0.305 e. The third-order valence-electron chi connectivity index (χ3n) is 3.41. The van der Waals surface area contributed by atoms with Crippen LogP contribution in [0.5, 0.6) is 0 Å². The number of halogens is 1. The van der Waals surface area contributed by atoms with Crippen molar-refractivity contribution in [1.29, 1.82) is 0 Å². The molecule has 2 N–H and O–H groups in total. The van der Waals surface area contributed by atoms with E-state index in [1.165, 1.54) is 11.8 Å². The summed E-state index contributed by atoms with van der Waals surface area (Å²) >= 11 is 7.26. The van der Waals surface area contributed by atoms with Gasteiger partial charge in [0.05, 0.1) is 11.7 Å². The Kier molecular flexibility index (Phi) is 5.53. The summed E-state index contributed by atoms with van der Waals surface area (Å²) in [5.74, 6) is -0.670. The van der Waals surface area contributed by atoms with Crippen LogP contribution < -0.4 is 5.32 Å². The Morgan fingerprint density at radius 1 is 1.38 bits per heavy atom. The Labute approximate surface area is 133 Å². The molecule has 2 rings (SSSR count). The summed E-state index contributed by atoms with van der Waals surface area (Å²) in [5, 5.41) is 12.2. The summed E-state index contributed by atoms with van der Waals surface area (Å²) in [7, 11) is 0. The summed E-state index contributed by atoms with van der Waals surface area (Å²) < 4.78 is 0. The number of hydrogen-bond donors (Lipinski definition) is 2. The Morgan fingerprint density at radius 3 is 2.52 bits per heavy atom. The molecule has 0 spiro atoms. The van der Waals surface area contributed by atoms with Crippen LogP contribution in [0.25, 0.3) is 0 Å². The van der Waals surface area contributed by atoms with Gasteiger partial charge in [-0.3, -0.25) is 9.59 Å². The van der Waals surface area contributed by atoms with Gasteiger partial charge in [0.25, 0.3) is 0 Å². The zero-order chi connectivity index (χ0) is 15.4. The third kappa shape index (κ3) is 5.25. The number of carbonyl (C=O) groups is 2. The van der Waals surface area contributed by atoms with Gasteiger partial charge in [-0.15, -0.1) is 11.8 Å². The van der Waals surface area contributed by atoms with Gasteiger partial charge in [0, 0.05) is 16.0 Å². The van der Waals surface area contributed by atoms with Crippen LogP contribution in [0.2, 0.25) is 5.02 Å². The first-order chi connectivity index (χ1) is 9.95. The maximum absolute atomic E-state index is 12.2. The van der Waals surface area contributed by atoms with Gasteiger partial charge in [-0.05, 0) is 49.9 Å². The van der Waals surface area contributed by atoms with E-state index in [9.17, 15) is 9.59 Å². The molecule has 0 aliphatic heterocycles. The Morgan fingerprint density at radius 2 is 2.00 bits per heavy atom. The highest BCUT2D eigenvalue weighted by molar-refractivity contribution is 8.00. The molecule has 1 aromatic rings. The Balaban J connectivity index is 1.88. The second-order valence-corrected chi connectivity index (χ2v) is 7.12. The van der Waals surface area contributed by atoms with Crippen LogP contribution in [0.4, 0.5) is 0 Å². The first-order valence-corrected chi connectivity index (χ1v) is 8.16. The van der Waals surface area contributed by atoms with E-state index in [0.717, 1.165) is 17.7 Å². The average Bonchev–Trinajstić information content (AvgIpc) is 3.24. The molecule has 1 aliphatic carbocycles. The quantitative estimate of drug-likeness (QED) is 0.755. The lowest BCUT2D eigenvalue weighted by Gasteiger charge is -2.19. The van der Waals surface area contributed by atoms with Crippen molar-refractivity contribution in [2.45, 2.75) is 42.4 Å². The third-order valence-corrected chi connectivity index (χ3v) is 4.77. The number of carbonyl (C=O) groups excluding carboxylic acids is 1. The summed E-state index contributed by atoms with van der Waals surface area (Å²) in [6.45, 7) is 1.82. The van der Waals surface area contributed by atoms with Crippen molar-refractivity contribution in [3.05, 3.63) is 29.3 Å². The van der Waals surface area contributed by atoms with Gasteiger partial charge in [0.15, 0.2) is 0 Å². The number of thioether (sulfide) groups is 1. The van der Waals surface area contributed by atoms with Crippen molar-refractivity contribution in [2.75, 3.05) is 0 Å². The van der Waals surface area contributed by atoms with Crippen molar-refractivity contribution < 1.29 is 14.7 Å². The number of benzene rings is 1. The molecular formula is C15H18ClNO3S. The lowest BCUT2D eigenvalue weighted by atomic mass is 10.1. The molecular weight excluding hydrogens is 310 g/mol. The molecule has 1 saturated carbocycles. The largest absolute Gasteiger partial charge is 0.481 e. The van der Waals surface area contributed by atoms with E-state index in [-0.39, 0.29) is 23.6 Å². The highest BCUT2D eigenvalue weighted by Gasteiger charge is 2.34. The van der Waals surface area contributed by atoms with Crippen LogP contribution >= 0.6 is 23.4 Å². The highest BCUT2D eigenvalue weighted by atomic mass is 35.5. The normalized spacial score (nSPS) is 17.0. The molecule has 1 fully saturated rings. The van der Waals surface area contributed by atoms with Gasteiger partial charge < -0.3 is 10.4 Å². The molecule has 6 heteroatoms. The predicted octanol–water partition coefficient (Wildman–Crippen LogP) is 3.19. The Bertz CT molecular complexity index is 516. The van der Waals surface area contributed by atoms with E-state index < -0.39 is 5.97 Å². The number of aliphatic carboxylic acids is 1. The lowest BCUT2D eigenvalue weighted by Crippen LogP contribution is -2.41. The van der Waals surface area contributed by atoms with E-state index in [1.54, 1.807) is 12.1 Å². The van der Waals surface area contributed by atoms with Crippen molar-refractivity contribution in [3.8, 4) is 0 Å². The van der Waals surface area contributed by atoms with Crippen LogP contribution in [0.1, 0.15) is 26.2 Å². The molecule has 4 nitrogen and oxygen atoms in total. The van der Waals surface area contributed by atoms with Crippen LogP contribution in [-0.2, 0) is 9.59 Å². The molecule has 2 unspecified atom stereocenters. The van der Waals surface area contributed by atoms with Gasteiger partial charge in [0.2, 0.25) is 5.91 Å². The van der Waals surface area contributed by atoms with Crippen molar-refractivity contribution >= 4 is 35.2 Å². The minimum absolute atomic E-state index is 0.00522. The zero-order valence-electron chi connectivity index (χ0n) is 11.7. The topological polar surface area (TPSA) is 66.4 Å². The molecule has 21 heavy (non-hydrogen) atoms. The average molecular weight is 328 g/mol. The second-order valence-electron chi connectivity index (χ2n) is 5.26. The number of hydrogen-bond acceptors (Lipinski definition) is 3. The maximum atomic E-state index is 12.2. The van der Waals surface area contributed by atoms with E-state index in [4.69, 9.17) is 16.7 Å². The summed E-state index contributed by atoms with van der Waals surface area (Å²) in [6.07, 6.45) is 1.99. The Hall–Kier alpha value is -1.20. The predicted molar refractivity (Wildman–Crippen MR) is 83.7 cm³/mol. The van der Waals surface area contributed by atoms with Gasteiger partial charge in [0.1, 0.15) is 0 Å². The molecule has 0 bridgehead atoms. The fraction of sp³-hybridized carbons (Fsp3) is 0.467. The number of nitrogens with one attached hydrogen (secondary N) is 1. The number of carboxylic acid groups (broad SMARTS) is 1. The monoisotopic (exact) mass is 327 g/mol. The second kappa shape index (κ2) is 7.18. The minimum atomic E-state index is -0.870. The highest BCUT2D eigenvalue weighted by Crippen LogP contribution is 2.34. The van der Waals surface area contributed by atoms with E-state index in [1.807, 2.05) is 19.1 Å². The van der Waals surface area contributed by atoms with E-state index in [2.05, 4.69) is 5.32 Å². The molecule has 114 valence electrons. The van der Waals surface area contributed by atoms with Crippen molar-refractivity contribution in [2.24, 2.45) is 5.92 Å². The van der Waals surface area contributed by atoms with Gasteiger partial charge in [-0.2, -0.15) is 0 Å². The molecule has 0 heterocycles. The van der Waals surface area contributed by atoms with E-state index in [0.29, 0.717) is 10.9 Å². The van der Waals surface area contributed by atoms with Crippen LogP contribution in [0.15, 0.2) is 29.2 Å². The molecule has 2 atom stereocenters. The summed E-state index contributed by atoms with van der Waals surface area (Å²) in [5.41, 5.74) is 0. The fourth-order valence-corrected chi connectivity index (χ4v) is 3.10. The lowest BCUT2D eigenvalue weighted by molar-refractivity contribution is -0.137. The van der Waals surface area contributed by atoms with Crippen LogP contribution in [0.3, 0.4) is 0 Å². The number of amides is 1. The minimum Gasteiger partial charge on any atom is -0.481 e. The van der Waals surface area contributed by atoms with Gasteiger partial charge in [-0.1, -0.05) is 11.6 Å². The maximum Gasteiger partial charge on any atom is 0.305 e. The van der Waals surface area contributed by atoms with Crippen molar-refractivity contribution in [1.82, 2.24) is 5.32 Å². The number of rotatable bonds is 7. The van der Waals surface area contributed by atoms with E-state index >= 15 is 0 Å². The first kappa shape index (κ1) is 16.2. The summed E-state index contributed by atoms with van der Waals surface area (Å²) in [4.78, 5) is 24.0. The molecule has 0 saturated heterocycles. The molecule has 0 aromatic heterocycles. The van der Waals surface area contributed by atoms with Crippen LogP contribution in [0, 0.1) is 5.92 Å². The molecule has 1 aliphatic rings. The van der Waals surface area contributed by atoms with Gasteiger partial charge >= 0.3 is 5.97 Å². The molecule has 1 aromatic carbocycles. The SMILES string of the molecule is CC(Sc1ccc(Cl)cc1)C(=O)NC(CC(=O)O)C1CC1.